The third-order valence-corrected chi connectivity index (χ3v) is 11.2. The Hall–Kier alpha value is -6.71. The van der Waals surface area contributed by atoms with Crippen molar-refractivity contribution >= 4 is 73.3 Å². The van der Waals surface area contributed by atoms with Crippen LogP contribution in [-0.2, 0) is 4.79 Å². The Balaban J connectivity index is 0.942. The number of allylic oxidation sites excluding steroid dienone is 12. The van der Waals surface area contributed by atoms with Gasteiger partial charge in [-0.05, 0) is 104 Å². The van der Waals surface area contributed by atoms with Crippen LogP contribution in [0.2, 0.25) is 0 Å². The van der Waals surface area contributed by atoms with Gasteiger partial charge in [0.05, 0.1) is 5.69 Å². The molecule has 6 aromatic rings. The second kappa shape index (κ2) is 21.9. The normalized spacial score (nSPS) is 14.4. The number of ether oxygens (including phenoxy) is 1. The lowest BCUT2D eigenvalue weighted by Crippen LogP contribution is -2.30. The highest BCUT2D eigenvalue weighted by molar-refractivity contribution is 6.19. The van der Waals surface area contributed by atoms with E-state index in [0.29, 0.717) is 63.8 Å². The molecule has 3 heterocycles. The molecule has 1 aliphatic rings. The number of carbonyl (C=O) groups excluding carboxylic acids is 3. The van der Waals surface area contributed by atoms with Crippen molar-refractivity contribution in [2.75, 3.05) is 22.6 Å². The van der Waals surface area contributed by atoms with Gasteiger partial charge in [-0.15, -0.1) is 11.6 Å². The number of hydrogen-bond acceptors (Lipinski definition) is 4. The molecule has 0 spiro atoms. The fraction of sp³-hybridized carbons (Fsp3) is 0.226. The Bertz CT molecular complexity index is 2770. The van der Waals surface area contributed by atoms with Gasteiger partial charge in [0.1, 0.15) is 23.0 Å². The van der Waals surface area contributed by atoms with Gasteiger partial charge in [0.15, 0.2) is 0 Å². The molecule has 7 rings (SSSR count). The number of nitrogens with one attached hydrogen (secondary N) is 3. The molecule has 2 aromatic heterocycles. The molecule has 3 N–H and O–H groups in total. The number of halogens is 2. The number of hydrogen-bond donors (Lipinski definition) is 3. The Labute approximate surface area is 372 Å². The summed E-state index contributed by atoms with van der Waals surface area (Å²) >= 11 is 6.54. The average Bonchev–Trinajstić information content (AvgIpc) is 4.02. The first-order chi connectivity index (χ1) is 30.8. The summed E-state index contributed by atoms with van der Waals surface area (Å²) in [4.78, 5) is 48.5. The molecule has 2 amide bonds. The van der Waals surface area contributed by atoms with Gasteiger partial charge in [0.2, 0.25) is 0 Å². The number of nitrogens with zero attached hydrogens (tertiary/aromatic N) is 1. The average molecular weight is 863 g/mol. The molecule has 0 aliphatic carbocycles. The van der Waals surface area contributed by atoms with Crippen molar-refractivity contribution in [2.45, 2.75) is 64.2 Å². The van der Waals surface area contributed by atoms with Crippen LogP contribution in [0.5, 0.6) is 5.75 Å². The third-order valence-electron chi connectivity index (χ3n) is 10.8. The zero-order valence-electron chi connectivity index (χ0n) is 35.4. The summed E-state index contributed by atoms with van der Waals surface area (Å²) in [7, 11) is 0. The fourth-order valence-electron chi connectivity index (χ4n) is 7.73. The van der Waals surface area contributed by atoms with E-state index in [0.717, 1.165) is 60.2 Å². The second-order valence-corrected chi connectivity index (χ2v) is 15.7. The van der Waals surface area contributed by atoms with Gasteiger partial charge < -0.3 is 24.9 Å². The van der Waals surface area contributed by atoms with E-state index in [4.69, 9.17) is 16.3 Å². The molecule has 4 aromatic carbocycles. The number of H-pyrrole nitrogens is 2. The quantitative estimate of drug-likeness (QED) is 0.0326. The maximum absolute atomic E-state index is 14.3. The number of benzene rings is 4. The summed E-state index contributed by atoms with van der Waals surface area (Å²) in [6.07, 6.45) is 32.2. The highest BCUT2D eigenvalue weighted by Gasteiger charge is 2.36. The SMILES string of the molecule is CC/C=C\C/C=C\C/C=C\C/C=C\C/C=C\C/C=C\CCC(=O)Oc1cc2c(c3ccccc13)C(CCl)CN2C(=O)c1cc2cc(NC(=O)c3cc4cc(F)ccc4[nH]3)ccc2[nH]1. The highest BCUT2D eigenvalue weighted by Crippen LogP contribution is 2.46. The van der Waals surface area contributed by atoms with Crippen molar-refractivity contribution in [1.29, 1.82) is 0 Å². The summed E-state index contributed by atoms with van der Waals surface area (Å²) in [5, 5.41) is 5.87. The number of rotatable bonds is 19. The standard InChI is InChI=1S/C53H52ClFN4O4/c1-2-3-4-5-6-7-8-9-10-11-12-13-14-15-16-17-18-19-20-25-50(60)63-49-34-48-51(43-24-22-21-23-42(43)49)39(35-54)36-59(48)53(62)47-33-38-31-41(27-29-45(38)58-47)56-52(61)46-32-37-30-40(55)26-28-44(37)57-46/h3-4,6-7,9-10,12-13,15-16,18-19,21-24,26-34,39,57-58H,2,5,8,11,14,17,20,25,35-36H2,1H3,(H,56,61)/b4-3-,7-6-,10-9-,13-12-,16-15-,19-18-. The van der Waals surface area contributed by atoms with E-state index >= 15 is 0 Å². The molecule has 322 valence electrons. The number of aromatic amines is 2. The number of anilines is 2. The Morgan fingerprint density at radius 3 is 1.98 bits per heavy atom. The van der Waals surface area contributed by atoms with Gasteiger partial charge >= 0.3 is 5.97 Å². The van der Waals surface area contributed by atoms with Crippen molar-refractivity contribution < 1.29 is 23.5 Å². The monoisotopic (exact) mass is 862 g/mol. The summed E-state index contributed by atoms with van der Waals surface area (Å²) in [5.74, 6) is -0.832. The molecule has 63 heavy (non-hydrogen) atoms. The Morgan fingerprint density at radius 2 is 1.32 bits per heavy atom. The van der Waals surface area contributed by atoms with Gasteiger partial charge in [-0.1, -0.05) is 104 Å². The number of amides is 2. The van der Waals surface area contributed by atoms with Crippen LogP contribution in [0.1, 0.15) is 90.7 Å². The molecule has 0 saturated carbocycles. The Kier molecular flexibility index (Phi) is 15.4. The number of fused-ring (bicyclic) bond motifs is 5. The van der Waals surface area contributed by atoms with E-state index < -0.39 is 0 Å². The first-order valence-corrected chi connectivity index (χ1v) is 22.1. The first-order valence-electron chi connectivity index (χ1n) is 21.6. The van der Waals surface area contributed by atoms with Gasteiger partial charge in [0.25, 0.3) is 11.8 Å². The van der Waals surface area contributed by atoms with Crippen LogP contribution in [0.3, 0.4) is 0 Å². The lowest BCUT2D eigenvalue weighted by atomic mass is 9.95. The lowest BCUT2D eigenvalue weighted by Gasteiger charge is -2.18. The van der Waals surface area contributed by atoms with Crippen molar-refractivity contribution in [3.8, 4) is 5.75 Å². The highest BCUT2D eigenvalue weighted by atomic mass is 35.5. The summed E-state index contributed by atoms with van der Waals surface area (Å²) in [6.45, 7) is 2.50. The van der Waals surface area contributed by atoms with E-state index in [2.05, 4.69) is 89.0 Å². The third kappa shape index (κ3) is 11.4. The summed E-state index contributed by atoms with van der Waals surface area (Å²) in [6, 6.07) is 22.5. The molecule has 1 unspecified atom stereocenters. The van der Waals surface area contributed by atoms with Gasteiger partial charge in [0, 0.05) is 63.7 Å². The van der Waals surface area contributed by atoms with Gasteiger partial charge in [-0.2, -0.15) is 0 Å². The number of esters is 1. The van der Waals surface area contributed by atoms with E-state index in [1.165, 1.54) is 12.1 Å². The zero-order chi connectivity index (χ0) is 44.0. The zero-order valence-corrected chi connectivity index (χ0v) is 36.2. The number of aromatic nitrogens is 2. The van der Waals surface area contributed by atoms with E-state index in [9.17, 15) is 18.8 Å². The van der Waals surface area contributed by atoms with Crippen LogP contribution in [0.15, 0.2) is 152 Å². The number of carbonyl (C=O) groups is 3. The minimum absolute atomic E-state index is 0.138. The molecular weight excluding hydrogens is 811 g/mol. The van der Waals surface area contributed by atoms with Crippen LogP contribution >= 0.6 is 11.6 Å². The van der Waals surface area contributed by atoms with Crippen LogP contribution < -0.4 is 15.0 Å². The predicted molar refractivity (Wildman–Crippen MR) is 257 cm³/mol. The van der Waals surface area contributed by atoms with Crippen LogP contribution in [0, 0.1) is 5.82 Å². The van der Waals surface area contributed by atoms with E-state index in [-0.39, 0.29) is 35.9 Å². The maximum Gasteiger partial charge on any atom is 0.311 e. The van der Waals surface area contributed by atoms with Gasteiger partial charge in [-0.3, -0.25) is 14.4 Å². The van der Waals surface area contributed by atoms with Crippen LogP contribution in [0.25, 0.3) is 32.6 Å². The van der Waals surface area contributed by atoms with Crippen molar-refractivity contribution in [3.63, 3.8) is 0 Å². The van der Waals surface area contributed by atoms with Gasteiger partial charge in [-0.25, -0.2) is 4.39 Å². The van der Waals surface area contributed by atoms with Crippen LogP contribution in [0.4, 0.5) is 15.8 Å². The molecule has 1 aliphatic heterocycles. The summed E-state index contributed by atoms with van der Waals surface area (Å²) < 4.78 is 19.7. The van der Waals surface area contributed by atoms with E-state index in [1.54, 1.807) is 47.4 Å². The minimum atomic E-state index is -0.382. The largest absolute Gasteiger partial charge is 0.426 e. The van der Waals surface area contributed by atoms with E-state index in [1.807, 2.05) is 30.3 Å². The second-order valence-electron chi connectivity index (χ2n) is 15.4. The molecule has 0 radical (unpaired) electrons. The molecule has 0 bridgehead atoms. The Morgan fingerprint density at radius 1 is 0.730 bits per heavy atom. The smallest absolute Gasteiger partial charge is 0.311 e. The lowest BCUT2D eigenvalue weighted by molar-refractivity contribution is -0.134. The van der Waals surface area contributed by atoms with Crippen molar-refractivity contribution in [1.82, 2.24) is 9.97 Å². The minimum Gasteiger partial charge on any atom is -0.426 e. The fourth-order valence-corrected chi connectivity index (χ4v) is 7.98. The molecular formula is C53H52ClFN4O4. The molecule has 8 nitrogen and oxygen atoms in total. The van der Waals surface area contributed by atoms with Crippen molar-refractivity contribution in [3.05, 3.63) is 175 Å². The molecule has 0 saturated heterocycles. The summed E-state index contributed by atoms with van der Waals surface area (Å²) in [5.41, 5.74) is 4.14. The molecule has 1 atom stereocenters. The number of alkyl halides is 1. The topological polar surface area (TPSA) is 107 Å². The predicted octanol–water partition coefficient (Wildman–Crippen LogP) is 13.6. The maximum atomic E-state index is 14.3. The molecule has 0 fully saturated rings. The van der Waals surface area contributed by atoms with Crippen molar-refractivity contribution in [2.24, 2.45) is 0 Å². The molecule has 10 heteroatoms. The van der Waals surface area contributed by atoms with Crippen LogP contribution in [-0.4, -0.2) is 40.2 Å². The first kappa shape index (κ1) is 44.3.